The van der Waals surface area contributed by atoms with Gasteiger partial charge in [-0.15, -0.1) is 11.3 Å². The number of benzene rings is 11. The van der Waals surface area contributed by atoms with Gasteiger partial charge in [0, 0.05) is 47.6 Å². The monoisotopic (exact) mass is 973 g/mol. The van der Waals surface area contributed by atoms with Crippen LogP contribution in [0.25, 0.3) is 121 Å². The highest BCUT2D eigenvalue weighted by Gasteiger charge is 2.46. The molecule has 11 aromatic carbocycles. The van der Waals surface area contributed by atoms with Crippen LogP contribution in [0, 0.1) is 0 Å². The van der Waals surface area contributed by atoms with Crippen molar-refractivity contribution in [2.24, 2.45) is 0 Å². The van der Waals surface area contributed by atoms with Crippen LogP contribution in [0.3, 0.4) is 0 Å². The number of hydrogen-bond acceptors (Lipinski definition) is 5. The zero-order valence-electron chi connectivity index (χ0n) is 40.5. The van der Waals surface area contributed by atoms with E-state index < -0.39 is 5.41 Å². The molecular weight excluding hydrogens is 931 g/mol. The van der Waals surface area contributed by atoms with Crippen LogP contribution in [0.2, 0.25) is 0 Å². The lowest BCUT2D eigenvalue weighted by Gasteiger charge is -2.34. The van der Waals surface area contributed by atoms with E-state index in [9.17, 15) is 0 Å². The predicted octanol–water partition coefficient (Wildman–Crippen LogP) is 18.5. The average Bonchev–Trinajstić information content (AvgIpc) is 4.17. The molecule has 0 saturated heterocycles. The molecule has 1 aliphatic carbocycles. The SMILES string of the molecule is c1ccc(-c2cccc(-c3nc(-c4cccc5c4sc4ccccc45)nc(-c4cccc5oc6ccc(-c7ccc(-c8cccc9c8-c8ccccc8C9(c8ccccc8)c8ccccc8)cc7)cc6c45)n3)c2)cc1. The van der Waals surface area contributed by atoms with Crippen molar-refractivity contribution >= 4 is 53.4 Å². The highest BCUT2D eigenvalue weighted by atomic mass is 32.1. The first kappa shape index (κ1) is 43.1. The maximum atomic E-state index is 6.65. The van der Waals surface area contributed by atoms with Gasteiger partial charge in [0.25, 0.3) is 0 Å². The molecule has 3 heterocycles. The summed E-state index contributed by atoms with van der Waals surface area (Å²) in [6, 6.07) is 93.5. The number of fused-ring (bicyclic) bond motifs is 9. The second-order valence-corrected chi connectivity index (χ2v) is 20.4. The van der Waals surface area contributed by atoms with Crippen molar-refractivity contribution < 1.29 is 4.42 Å². The van der Waals surface area contributed by atoms with Gasteiger partial charge < -0.3 is 4.42 Å². The Morgan fingerprint density at radius 2 is 0.853 bits per heavy atom. The molecule has 3 aromatic heterocycles. The molecule has 0 atom stereocenters. The fourth-order valence-electron chi connectivity index (χ4n) is 11.9. The molecule has 0 radical (unpaired) electrons. The second-order valence-electron chi connectivity index (χ2n) is 19.4. The van der Waals surface area contributed by atoms with Crippen LogP contribution < -0.4 is 0 Å². The first-order valence-corrected chi connectivity index (χ1v) is 26.2. The van der Waals surface area contributed by atoms with E-state index in [2.05, 4.69) is 243 Å². The van der Waals surface area contributed by atoms with Crippen LogP contribution in [-0.2, 0) is 5.41 Å². The lowest BCUT2D eigenvalue weighted by atomic mass is 9.67. The highest BCUT2D eigenvalue weighted by Crippen LogP contribution is 2.58. The molecule has 0 bridgehead atoms. The number of furan rings is 1. The third-order valence-corrected chi connectivity index (χ3v) is 16.5. The molecule has 4 nitrogen and oxygen atoms in total. The minimum atomic E-state index is -0.461. The number of thiophene rings is 1. The quantitative estimate of drug-likeness (QED) is 0.152. The van der Waals surface area contributed by atoms with Gasteiger partial charge in [0.1, 0.15) is 11.2 Å². The van der Waals surface area contributed by atoms with Crippen LogP contribution in [0.1, 0.15) is 22.3 Å². The molecule has 0 fully saturated rings. The Bertz CT molecular complexity index is 4480. The molecule has 0 N–H and O–H groups in total. The zero-order chi connectivity index (χ0) is 49.5. The normalized spacial score (nSPS) is 12.6. The van der Waals surface area contributed by atoms with Gasteiger partial charge in [-0.1, -0.05) is 224 Å². The lowest BCUT2D eigenvalue weighted by molar-refractivity contribution is 0.669. The van der Waals surface area contributed by atoms with Gasteiger partial charge in [-0.2, -0.15) is 0 Å². The van der Waals surface area contributed by atoms with E-state index >= 15 is 0 Å². The van der Waals surface area contributed by atoms with Gasteiger partial charge in [-0.3, -0.25) is 0 Å². The van der Waals surface area contributed by atoms with Gasteiger partial charge in [-0.25, -0.2) is 15.0 Å². The Balaban J connectivity index is 0.860. The topological polar surface area (TPSA) is 51.8 Å². The molecule has 350 valence electrons. The lowest BCUT2D eigenvalue weighted by Crippen LogP contribution is -2.28. The summed E-state index contributed by atoms with van der Waals surface area (Å²) in [5.74, 6) is 1.82. The first-order chi connectivity index (χ1) is 37.2. The molecule has 5 heteroatoms. The van der Waals surface area contributed by atoms with Crippen molar-refractivity contribution in [2.45, 2.75) is 5.41 Å². The Morgan fingerprint density at radius 3 is 1.67 bits per heavy atom. The van der Waals surface area contributed by atoms with E-state index in [4.69, 9.17) is 19.4 Å². The third kappa shape index (κ3) is 6.86. The van der Waals surface area contributed by atoms with E-state index in [1.54, 1.807) is 11.3 Å². The summed E-state index contributed by atoms with van der Waals surface area (Å²) < 4.78 is 9.03. The van der Waals surface area contributed by atoms with Crippen molar-refractivity contribution in [3.05, 3.63) is 283 Å². The van der Waals surface area contributed by atoms with Crippen LogP contribution in [0.15, 0.2) is 265 Å². The molecule has 75 heavy (non-hydrogen) atoms. The Morgan fingerprint density at radius 1 is 0.320 bits per heavy atom. The van der Waals surface area contributed by atoms with E-state index in [0.29, 0.717) is 17.5 Å². The predicted molar refractivity (Wildman–Crippen MR) is 310 cm³/mol. The van der Waals surface area contributed by atoms with Crippen molar-refractivity contribution in [1.82, 2.24) is 15.0 Å². The van der Waals surface area contributed by atoms with Crippen molar-refractivity contribution in [1.29, 1.82) is 0 Å². The smallest absolute Gasteiger partial charge is 0.165 e. The standard InChI is InChI=1S/C70H43N3OS/c1-4-18-44(19-5-1)47-20-14-21-49(42-47)67-71-68(73-69(72-67)57-31-15-29-54-53-26-11-13-35-63(53)75-66(54)57)56-30-17-34-62-65(56)58-43-48(40-41-61(58)74-62)45-36-38-46(39-37-45)52-28-16-33-60-64(52)55-27-10-12-32-59(55)70(60,50-22-6-2-7-23-50)51-24-8-3-9-25-51/h1-43H. The Hall–Kier alpha value is -9.55. The molecule has 1 aliphatic rings. The van der Waals surface area contributed by atoms with Crippen LogP contribution in [0.4, 0.5) is 0 Å². The van der Waals surface area contributed by atoms with Gasteiger partial charge in [-0.05, 0) is 103 Å². The van der Waals surface area contributed by atoms with E-state index in [1.165, 1.54) is 60.0 Å². The van der Waals surface area contributed by atoms with Crippen LogP contribution in [-0.4, -0.2) is 15.0 Å². The van der Waals surface area contributed by atoms with Crippen LogP contribution >= 0.6 is 11.3 Å². The number of aromatic nitrogens is 3. The number of hydrogen-bond donors (Lipinski definition) is 0. The van der Waals surface area contributed by atoms with Gasteiger partial charge in [0.2, 0.25) is 0 Å². The van der Waals surface area contributed by atoms with Gasteiger partial charge >= 0.3 is 0 Å². The minimum absolute atomic E-state index is 0.461. The summed E-state index contributed by atoms with van der Waals surface area (Å²) in [7, 11) is 0. The molecule has 0 amide bonds. The third-order valence-electron chi connectivity index (χ3n) is 15.3. The first-order valence-electron chi connectivity index (χ1n) is 25.4. The van der Waals surface area contributed by atoms with E-state index in [1.807, 2.05) is 18.2 Å². The molecule has 0 spiro atoms. The molecule has 0 saturated carbocycles. The minimum Gasteiger partial charge on any atom is -0.456 e. The maximum absolute atomic E-state index is 6.65. The highest BCUT2D eigenvalue weighted by molar-refractivity contribution is 7.26. The molecular formula is C70H43N3OS. The Labute approximate surface area is 437 Å². The summed E-state index contributed by atoms with van der Waals surface area (Å²) in [6.45, 7) is 0. The van der Waals surface area contributed by atoms with Crippen molar-refractivity contribution in [3.8, 4) is 78.7 Å². The molecule has 15 rings (SSSR count). The van der Waals surface area contributed by atoms with Crippen molar-refractivity contribution in [2.75, 3.05) is 0 Å². The summed E-state index contributed by atoms with van der Waals surface area (Å²) in [6.07, 6.45) is 0. The molecule has 0 aliphatic heterocycles. The van der Waals surface area contributed by atoms with Crippen molar-refractivity contribution in [3.63, 3.8) is 0 Å². The molecule has 0 unspecified atom stereocenters. The van der Waals surface area contributed by atoms with Crippen LogP contribution in [0.5, 0.6) is 0 Å². The number of nitrogens with zero attached hydrogens (tertiary/aromatic N) is 3. The fourth-order valence-corrected chi connectivity index (χ4v) is 13.1. The van der Waals surface area contributed by atoms with E-state index in [0.717, 1.165) is 65.6 Å². The fraction of sp³-hybridized carbons (Fsp3) is 0.0143. The zero-order valence-corrected chi connectivity index (χ0v) is 41.3. The van der Waals surface area contributed by atoms with Gasteiger partial charge in [0.05, 0.1) is 5.41 Å². The largest absolute Gasteiger partial charge is 0.456 e. The number of rotatable bonds is 8. The van der Waals surface area contributed by atoms with Gasteiger partial charge in [0.15, 0.2) is 17.5 Å². The maximum Gasteiger partial charge on any atom is 0.165 e. The van der Waals surface area contributed by atoms with E-state index in [-0.39, 0.29) is 0 Å². The average molecular weight is 974 g/mol. The molecule has 14 aromatic rings. The summed E-state index contributed by atoms with van der Waals surface area (Å²) >= 11 is 1.78. The Kier molecular flexibility index (Phi) is 9.94. The summed E-state index contributed by atoms with van der Waals surface area (Å²) in [5.41, 5.74) is 18.4. The summed E-state index contributed by atoms with van der Waals surface area (Å²) in [4.78, 5) is 16.0. The second kappa shape index (κ2) is 17.3. The summed E-state index contributed by atoms with van der Waals surface area (Å²) in [5, 5.41) is 4.38.